The van der Waals surface area contributed by atoms with Crippen LogP contribution in [0.15, 0.2) is 84.9 Å². The first-order chi connectivity index (χ1) is 19.1. The summed E-state index contributed by atoms with van der Waals surface area (Å²) < 4.78 is 51.4. The minimum Gasteiger partial charge on any atom is -0.480 e. The number of carboxylic acid groups (broad SMARTS) is 1. The van der Waals surface area contributed by atoms with Crippen molar-refractivity contribution in [3.05, 3.63) is 107 Å². The number of nitrogens with one attached hydrogen (secondary N) is 1. The number of halogens is 3. The van der Waals surface area contributed by atoms with Crippen molar-refractivity contribution in [3.63, 3.8) is 0 Å². The summed E-state index contributed by atoms with van der Waals surface area (Å²) in [6, 6.07) is 18.6. The molecule has 0 saturated heterocycles. The van der Waals surface area contributed by atoms with E-state index in [2.05, 4.69) is 5.43 Å². The topological polar surface area (TPSA) is 105 Å². The standard InChI is InChI=1S/C29H29F3N2O6/c1-2-39-27(37)25(17-20-11-5-3-6-12-20)34(28(38)40-19-21-13-7-4-8-14-21)33-24(26(35)36)18-22-15-9-10-16-23(22)29(30,31)32/h3-16,24-25,33H,2,17-19H2,1H3,(H,35,36)/t24-,25-/m0/s1. The van der Waals surface area contributed by atoms with Crippen LogP contribution in [0.25, 0.3) is 0 Å². The lowest BCUT2D eigenvalue weighted by atomic mass is 10.00. The van der Waals surface area contributed by atoms with Gasteiger partial charge in [0.1, 0.15) is 12.6 Å². The van der Waals surface area contributed by atoms with E-state index < -0.39 is 48.3 Å². The van der Waals surface area contributed by atoms with Gasteiger partial charge in [0.2, 0.25) is 0 Å². The third-order valence-corrected chi connectivity index (χ3v) is 5.88. The first-order valence-electron chi connectivity index (χ1n) is 12.4. The van der Waals surface area contributed by atoms with E-state index in [1.807, 2.05) is 0 Å². The summed E-state index contributed by atoms with van der Waals surface area (Å²) in [6.45, 7) is 1.34. The number of amides is 1. The number of benzene rings is 3. The molecule has 0 aliphatic heterocycles. The van der Waals surface area contributed by atoms with E-state index in [1.54, 1.807) is 67.6 Å². The van der Waals surface area contributed by atoms with Gasteiger partial charge in [-0.25, -0.2) is 20.0 Å². The van der Waals surface area contributed by atoms with Crippen LogP contribution in [-0.4, -0.2) is 46.8 Å². The summed E-state index contributed by atoms with van der Waals surface area (Å²) in [4.78, 5) is 38.6. The predicted molar refractivity (Wildman–Crippen MR) is 139 cm³/mol. The molecule has 3 rings (SSSR count). The smallest absolute Gasteiger partial charge is 0.425 e. The van der Waals surface area contributed by atoms with Crippen molar-refractivity contribution in [2.75, 3.05) is 6.61 Å². The number of rotatable bonds is 12. The molecule has 0 bridgehead atoms. The molecule has 8 nitrogen and oxygen atoms in total. The summed E-state index contributed by atoms with van der Waals surface area (Å²) in [5, 5.41) is 10.6. The molecular weight excluding hydrogens is 529 g/mol. The number of alkyl halides is 3. The first kappa shape index (κ1) is 30.2. The molecule has 11 heteroatoms. The molecule has 0 aromatic heterocycles. The van der Waals surface area contributed by atoms with Crippen LogP contribution in [0.3, 0.4) is 0 Å². The zero-order valence-electron chi connectivity index (χ0n) is 21.6. The number of aliphatic carboxylic acids is 1. The maximum absolute atomic E-state index is 13.6. The molecule has 0 heterocycles. The van der Waals surface area contributed by atoms with Gasteiger partial charge in [-0.1, -0.05) is 78.9 Å². The third-order valence-electron chi connectivity index (χ3n) is 5.88. The molecule has 212 valence electrons. The highest BCUT2D eigenvalue weighted by Crippen LogP contribution is 2.32. The van der Waals surface area contributed by atoms with Crippen molar-refractivity contribution in [2.45, 2.75) is 44.6 Å². The average molecular weight is 559 g/mol. The highest BCUT2D eigenvalue weighted by Gasteiger charge is 2.38. The van der Waals surface area contributed by atoms with Gasteiger partial charge in [-0.2, -0.15) is 13.2 Å². The predicted octanol–water partition coefficient (Wildman–Crippen LogP) is 5.02. The molecule has 0 saturated carbocycles. The molecular formula is C29H29F3N2O6. The molecule has 3 aromatic rings. The summed E-state index contributed by atoms with van der Waals surface area (Å²) in [5.41, 5.74) is 2.41. The Balaban J connectivity index is 1.97. The number of nitrogens with zero attached hydrogens (tertiary/aromatic N) is 1. The SMILES string of the molecule is CCOC(=O)[C@H](Cc1ccccc1)N(N[C@@H](Cc1ccccc1C(F)(F)F)C(=O)O)C(=O)OCc1ccccc1. The van der Waals surface area contributed by atoms with Crippen LogP contribution in [0.4, 0.5) is 18.0 Å². The van der Waals surface area contributed by atoms with Crippen LogP contribution in [0, 0.1) is 0 Å². The van der Waals surface area contributed by atoms with E-state index >= 15 is 0 Å². The molecule has 0 aliphatic carbocycles. The van der Waals surface area contributed by atoms with E-state index in [0.717, 1.165) is 12.1 Å². The highest BCUT2D eigenvalue weighted by molar-refractivity contribution is 5.82. The second-order valence-corrected chi connectivity index (χ2v) is 8.75. The van der Waals surface area contributed by atoms with Crippen molar-refractivity contribution in [1.82, 2.24) is 10.4 Å². The zero-order valence-corrected chi connectivity index (χ0v) is 21.6. The summed E-state index contributed by atoms with van der Waals surface area (Å²) in [6.07, 6.45) is -6.56. The monoisotopic (exact) mass is 558 g/mol. The van der Waals surface area contributed by atoms with E-state index in [9.17, 15) is 32.7 Å². The van der Waals surface area contributed by atoms with Crippen LogP contribution in [-0.2, 0) is 44.7 Å². The van der Waals surface area contributed by atoms with Crippen LogP contribution < -0.4 is 5.43 Å². The van der Waals surface area contributed by atoms with Gasteiger partial charge in [0.05, 0.1) is 12.2 Å². The van der Waals surface area contributed by atoms with E-state index in [4.69, 9.17) is 9.47 Å². The molecule has 0 unspecified atom stereocenters. The minimum atomic E-state index is -4.73. The fourth-order valence-electron chi connectivity index (χ4n) is 3.97. The number of hydrazine groups is 1. The van der Waals surface area contributed by atoms with E-state index in [0.29, 0.717) is 16.1 Å². The van der Waals surface area contributed by atoms with E-state index in [1.165, 1.54) is 12.1 Å². The lowest BCUT2D eigenvalue weighted by Gasteiger charge is -2.32. The molecule has 0 fully saturated rings. The van der Waals surface area contributed by atoms with Crippen molar-refractivity contribution < 1.29 is 42.1 Å². The number of ether oxygens (including phenoxy) is 2. The molecule has 0 aliphatic rings. The minimum absolute atomic E-state index is 0.0294. The Morgan fingerprint density at radius 3 is 2.00 bits per heavy atom. The Morgan fingerprint density at radius 2 is 1.43 bits per heavy atom. The van der Waals surface area contributed by atoms with Gasteiger partial charge in [0, 0.05) is 12.8 Å². The zero-order chi connectivity index (χ0) is 29.1. The largest absolute Gasteiger partial charge is 0.480 e. The molecule has 3 aromatic carbocycles. The van der Waals surface area contributed by atoms with Gasteiger partial charge in [0.25, 0.3) is 0 Å². The number of hydrogen-bond donors (Lipinski definition) is 2. The van der Waals surface area contributed by atoms with Gasteiger partial charge in [-0.05, 0) is 29.7 Å². The lowest BCUT2D eigenvalue weighted by molar-refractivity contribution is -0.152. The van der Waals surface area contributed by atoms with Crippen molar-refractivity contribution in [1.29, 1.82) is 0 Å². The van der Waals surface area contributed by atoms with Gasteiger partial charge in [-0.3, -0.25) is 4.79 Å². The quantitative estimate of drug-likeness (QED) is 0.238. The Morgan fingerprint density at radius 1 is 0.850 bits per heavy atom. The van der Waals surface area contributed by atoms with Gasteiger partial charge < -0.3 is 14.6 Å². The average Bonchev–Trinajstić information content (AvgIpc) is 2.93. The summed E-state index contributed by atoms with van der Waals surface area (Å²) in [7, 11) is 0. The number of carbonyl (C=O) groups is 3. The maximum Gasteiger partial charge on any atom is 0.425 e. The molecule has 1 amide bonds. The van der Waals surface area contributed by atoms with Gasteiger partial charge >= 0.3 is 24.2 Å². The molecule has 2 N–H and O–H groups in total. The molecule has 0 radical (unpaired) electrons. The number of carbonyl (C=O) groups excluding carboxylic acids is 2. The Labute approximate surface area is 229 Å². The molecule has 40 heavy (non-hydrogen) atoms. The van der Waals surface area contributed by atoms with Gasteiger partial charge in [0.15, 0.2) is 6.04 Å². The van der Waals surface area contributed by atoms with Gasteiger partial charge in [-0.15, -0.1) is 0 Å². The third kappa shape index (κ3) is 8.57. The Bertz CT molecular complexity index is 1270. The van der Waals surface area contributed by atoms with Crippen molar-refractivity contribution >= 4 is 18.0 Å². The Hall–Kier alpha value is -4.38. The lowest BCUT2D eigenvalue weighted by Crippen LogP contribution is -2.59. The normalized spacial score (nSPS) is 12.7. The number of hydrogen-bond acceptors (Lipinski definition) is 6. The van der Waals surface area contributed by atoms with Crippen molar-refractivity contribution in [3.8, 4) is 0 Å². The van der Waals surface area contributed by atoms with E-state index in [-0.39, 0.29) is 25.2 Å². The molecule has 2 atom stereocenters. The fourth-order valence-corrected chi connectivity index (χ4v) is 3.97. The van der Waals surface area contributed by atoms with Crippen LogP contribution in [0.2, 0.25) is 0 Å². The van der Waals surface area contributed by atoms with Crippen LogP contribution >= 0.6 is 0 Å². The second kappa shape index (κ2) is 14.1. The second-order valence-electron chi connectivity index (χ2n) is 8.75. The van der Waals surface area contributed by atoms with Crippen LogP contribution in [0.1, 0.15) is 29.2 Å². The summed E-state index contributed by atoms with van der Waals surface area (Å²) >= 11 is 0. The van der Waals surface area contributed by atoms with Crippen molar-refractivity contribution in [2.24, 2.45) is 0 Å². The number of carboxylic acids is 1. The Kier molecular flexibility index (Phi) is 10.7. The fraction of sp³-hybridized carbons (Fsp3) is 0.276. The maximum atomic E-state index is 13.6. The summed E-state index contributed by atoms with van der Waals surface area (Å²) in [5.74, 6) is -2.39. The first-order valence-corrected chi connectivity index (χ1v) is 12.4. The number of esters is 1. The molecule has 0 spiro atoms. The highest BCUT2D eigenvalue weighted by atomic mass is 19.4. The van der Waals surface area contributed by atoms with Crippen LogP contribution in [0.5, 0.6) is 0 Å².